The van der Waals surface area contributed by atoms with E-state index in [-0.39, 0.29) is 12.2 Å². The molecule has 0 aliphatic carbocycles. The molecule has 0 amide bonds. The summed E-state index contributed by atoms with van der Waals surface area (Å²) in [4.78, 5) is 14.4. The molecule has 0 spiro atoms. The average Bonchev–Trinajstić information content (AvgIpc) is 2.85. The van der Waals surface area contributed by atoms with Gasteiger partial charge < -0.3 is 19.6 Å². The van der Waals surface area contributed by atoms with Crippen LogP contribution in [0.5, 0.6) is 5.75 Å². The van der Waals surface area contributed by atoms with Gasteiger partial charge in [-0.25, -0.2) is 9.78 Å². The van der Waals surface area contributed by atoms with Crippen LogP contribution < -0.4 is 10.1 Å². The summed E-state index contributed by atoms with van der Waals surface area (Å²) in [6.45, 7) is 0.285. The molecule has 0 aliphatic heterocycles. The largest absolute Gasteiger partial charge is 0.495 e. The first-order chi connectivity index (χ1) is 8.70. The molecule has 0 aliphatic rings. The van der Waals surface area contributed by atoms with E-state index in [0.29, 0.717) is 11.6 Å². The van der Waals surface area contributed by atoms with Crippen molar-refractivity contribution in [1.82, 2.24) is 4.98 Å². The van der Waals surface area contributed by atoms with Gasteiger partial charge in [0.25, 0.3) is 0 Å². The van der Waals surface area contributed by atoms with Crippen molar-refractivity contribution in [2.45, 2.75) is 6.54 Å². The van der Waals surface area contributed by atoms with Gasteiger partial charge in [-0.3, -0.25) is 0 Å². The third kappa shape index (κ3) is 2.60. The molecular weight excluding hydrogens is 236 g/mol. The number of rotatable bonds is 5. The number of hydrogen-bond donors (Lipinski definition) is 2. The number of carbonyl (C=O) groups is 1. The van der Waals surface area contributed by atoms with Crippen molar-refractivity contribution in [3.05, 3.63) is 42.1 Å². The van der Waals surface area contributed by atoms with Gasteiger partial charge in [0.2, 0.25) is 5.89 Å². The van der Waals surface area contributed by atoms with Gasteiger partial charge in [-0.1, -0.05) is 12.1 Å². The Morgan fingerprint density at radius 3 is 2.94 bits per heavy atom. The Morgan fingerprint density at radius 1 is 1.50 bits per heavy atom. The van der Waals surface area contributed by atoms with Gasteiger partial charge in [-0.05, 0) is 12.1 Å². The molecule has 0 atom stereocenters. The number of carboxylic acid groups (broad SMARTS) is 1. The minimum Gasteiger partial charge on any atom is -0.495 e. The predicted molar refractivity (Wildman–Crippen MR) is 63.8 cm³/mol. The highest BCUT2D eigenvalue weighted by atomic mass is 16.5. The van der Waals surface area contributed by atoms with Crippen molar-refractivity contribution in [3.63, 3.8) is 0 Å². The quantitative estimate of drug-likeness (QED) is 0.841. The summed E-state index contributed by atoms with van der Waals surface area (Å²) in [5.41, 5.74) is 0.682. The normalized spacial score (nSPS) is 10.1. The van der Waals surface area contributed by atoms with Crippen LogP contribution in [-0.2, 0) is 6.54 Å². The number of benzene rings is 1. The Bertz CT molecular complexity index is 551. The summed E-state index contributed by atoms with van der Waals surface area (Å²) in [5, 5.41) is 11.8. The van der Waals surface area contributed by atoms with Crippen molar-refractivity contribution in [1.29, 1.82) is 0 Å². The Hall–Kier alpha value is -2.50. The molecule has 6 heteroatoms. The van der Waals surface area contributed by atoms with E-state index in [1.165, 1.54) is 0 Å². The first-order valence-electron chi connectivity index (χ1n) is 5.25. The molecule has 0 radical (unpaired) electrons. The average molecular weight is 248 g/mol. The number of carboxylic acids is 1. The maximum atomic E-state index is 10.6. The molecule has 1 aromatic heterocycles. The molecule has 0 bridgehead atoms. The molecule has 1 aromatic carbocycles. The fourth-order valence-electron chi connectivity index (χ4n) is 1.45. The molecule has 0 fully saturated rings. The fourth-order valence-corrected chi connectivity index (χ4v) is 1.45. The van der Waals surface area contributed by atoms with Crippen molar-refractivity contribution in [2.24, 2.45) is 0 Å². The van der Waals surface area contributed by atoms with E-state index in [4.69, 9.17) is 14.3 Å². The smallest absolute Gasteiger partial charge is 0.357 e. The number of anilines is 1. The number of nitrogens with zero attached hydrogens (tertiary/aromatic N) is 1. The van der Waals surface area contributed by atoms with Crippen LogP contribution in [0.4, 0.5) is 5.69 Å². The highest BCUT2D eigenvalue weighted by molar-refractivity contribution is 5.84. The Balaban J connectivity index is 2.04. The Morgan fingerprint density at radius 2 is 2.28 bits per heavy atom. The lowest BCUT2D eigenvalue weighted by molar-refractivity contribution is 0.0690. The summed E-state index contributed by atoms with van der Waals surface area (Å²) >= 11 is 0. The molecule has 6 nitrogen and oxygen atoms in total. The van der Waals surface area contributed by atoms with Crippen LogP contribution in [0, 0.1) is 0 Å². The van der Waals surface area contributed by atoms with Gasteiger partial charge in [0.05, 0.1) is 19.3 Å². The minimum atomic E-state index is -1.11. The van der Waals surface area contributed by atoms with Crippen molar-refractivity contribution in [3.8, 4) is 5.75 Å². The number of hydrogen-bond acceptors (Lipinski definition) is 5. The topological polar surface area (TPSA) is 84.6 Å². The zero-order chi connectivity index (χ0) is 13.0. The predicted octanol–water partition coefficient (Wildman–Crippen LogP) is 1.99. The number of oxazole rings is 1. The SMILES string of the molecule is COc1ccccc1NCc1nc(C(=O)O)co1. The molecule has 94 valence electrons. The lowest BCUT2D eigenvalue weighted by atomic mass is 10.3. The van der Waals surface area contributed by atoms with E-state index in [1.54, 1.807) is 7.11 Å². The summed E-state index contributed by atoms with van der Waals surface area (Å²) in [5.74, 6) is -0.108. The summed E-state index contributed by atoms with van der Waals surface area (Å²) in [6.07, 6.45) is 1.11. The molecule has 0 unspecified atom stereocenters. The zero-order valence-electron chi connectivity index (χ0n) is 9.71. The molecule has 2 aromatic rings. The first kappa shape index (κ1) is 12.0. The van der Waals surface area contributed by atoms with Crippen molar-refractivity contribution < 1.29 is 19.1 Å². The highest BCUT2D eigenvalue weighted by Crippen LogP contribution is 2.23. The summed E-state index contributed by atoms with van der Waals surface area (Å²) in [6, 6.07) is 7.39. The van der Waals surface area contributed by atoms with Crippen LogP contribution in [0.15, 0.2) is 34.9 Å². The van der Waals surface area contributed by atoms with Gasteiger partial charge in [0, 0.05) is 0 Å². The van der Waals surface area contributed by atoms with Crippen LogP contribution in [-0.4, -0.2) is 23.2 Å². The Kier molecular flexibility index (Phi) is 3.47. The van der Waals surface area contributed by atoms with Crippen LogP contribution in [0.25, 0.3) is 0 Å². The van der Waals surface area contributed by atoms with Gasteiger partial charge in [-0.15, -0.1) is 0 Å². The van der Waals surface area contributed by atoms with E-state index in [1.807, 2.05) is 24.3 Å². The van der Waals surface area contributed by atoms with Crippen molar-refractivity contribution in [2.75, 3.05) is 12.4 Å². The zero-order valence-corrected chi connectivity index (χ0v) is 9.71. The second kappa shape index (κ2) is 5.22. The van der Waals surface area contributed by atoms with E-state index in [2.05, 4.69) is 10.3 Å². The second-order valence-corrected chi connectivity index (χ2v) is 3.49. The van der Waals surface area contributed by atoms with Gasteiger partial charge >= 0.3 is 5.97 Å². The highest BCUT2D eigenvalue weighted by Gasteiger charge is 2.10. The number of aromatic nitrogens is 1. The molecule has 18 heavy (non-hydrogen) atoms. The number of ether oxygens (including phenoxy) is 1. The van der Waals surface area contributed by atoms with E-state index >= 15 is 0 Å². The number of nitrogens with one attached hydrogen (secondary N) is 1. The van der Waals surface area contributed by atoms with Crippen LogP contribution in [0.1, 0.15) is 16.4 Å². The van der Waals surface area contributed by atoms with Crippen LogP contribution in [0.3, 0.4) is 0 Å². The number of aromatic carboxylic acids is 1. The van der Waals surface area contributed by atoms with E-state index in [0.717, 1.165) is 12.0 Å². The standard InChI is InChI=1S/C12H12N2O4/c1-17-10-5-3-2-4-8(10)13-6-11-14-9(7-18-11)12(15)16/h2-5,7,13H,6H2,1H3,(H,15,16). The number of para-hydroxylation sites is 2. The molecule has 2 N–H and O–H groups in total. The lowest BCUT2D eigenvalue weighted by Crippen LogP contribution is -2.02. The Labute approximate surface area is 103 Å². The van der Waals surface area contributed by atoms with E-state index < -0.39 is 5.97 Å². The maximum Gasteiger partial charge on any atom is 0.357 e. The third-order valence-electron chi connectivity index (χ3n) is 2.31. The minimum absolute atomic E-state index is 0.105. The maximum absolute atomic E-state index is 10.6. The number of methoxy groups -OCH3 is 1. The molecule has 1 heterocycles. The van der Waals surface area contributed by atoms with Crippen LogP contribution >= 0.6 is 0 Å². The van der Waals surface area contributed by atoms with Gasteiger partial charge in [0.1, 0.15) is 12.0 Å². The molecule has 0 saturated heterocycles. The van der Waals surface area contributed by atoms with Crippen LogP contribution in [0.2, 0.25) is 0 Å². The van der Waals surface area contributed by atoms with E-state index in [9.17, 15) is 4.79 Å². The molecule has 2 rings (SSSR count). The lowest BCUT2D eigenvalue weighted by Gasteiger charge is -2.08. The van der Waals surface area contributed by atoms with Gasteiger partial charge in [0.15, 0.2) is 5.69 Å². The molecule has 0 saturated carbocycles. The first-order valence-corrected chi connectivity index (χ1v) is 5.25. The fraction of sp³-hybridized carbons (Fsp3) is 0.167. The monoisotopic (exact) mass is 248 g/mol. The van der Waals surface area contributed by atoms with Crippen molar-refractivity contribution >= 4 is 11.7 Å². The second-order valence-electron chi connectivity index (χ2n) is 3.49. The molecular formula is C12H12N2O4. The summed E-state index contributed by atoms with van der Waals surface area (Å²) in [7, 11) is 1.58. The third-order valence-corrected chi connectivity index (χ3v) is 2.31. The summed E-state index contributed by atoms with van der Waals surface area (Å²) < 4.78 is 10.2. The van der Waals surface area contributed by atoms with Gasteiger partial charge in [-0.2, -0.15) is 0 Å².